The Hall–Kier alpha value is -1.43. The molecule has 1 aliphatic rings. The highest BCUT2D eigenvalue weighted by molar-refractivity contribution is 6.30. The van der Waals surface area contributed by atoms with Crippen molar-refractivity contribution >= 4 is 11.6 Å². The zero-order valence-corrected chi connectivity index (χ0v) is 15.8. The molecule has 0 spiro atoms. The van der Waals surface area contributed by atoms with Gasteiger partial charge in [-0.2, -0.15) is 0 Å². The van der Waals surface area contributed by atoms with Gasteiger partial charge in [-0.05, 0) is 23.3 Å². The number of ether oxygens (including phenoxy) is 1. The molecule has 0 aromatic heterocycles. The molecule has 1 saturated heterocycles. The molecule has 1 aliphatic heterocycles. The molecule has 140 valence electrons. The van der Waals surface area contributed by atoms with E-state index >= 15 is 0 Å². The molecule has 1 fully saturated rings. The fourth-order valence-electron chi connectivity index (χ4n) is 3.22. The van der Waals surface area contributed by atoms with E-state index in [1.807, 2.05) is 24.3 Å². The topological polar surface area (TPSA) is 35.9 Å². The fourth-order valence-corrected chi connectivity index (χ4v) is 3.34. The number of rotatable bonds is 8. The van der Waals surface area contributed by atoms with Gasteiger partial charge in [-0.25, -0.2) is 0 Å². The van der Waals surface area contributed by atoms with E-state index in [1.165, 1.54) is 5.56 Å². The van der Waals surface area contributed by atoms with Gasteiger partial charge in [-0.15, -0.1) is 0 Å². The van der Waals surface area contributed by atoms with Crippen molar-refractivity contribution in [2.75, 3.05) is 39.3 Å². The second-order valence-electron chi connectivity index (χ2n) is 6.86. The number of piperazine rings is 1. The molecule has 2 aromatic carbocycles. The molecule has 3 rings (SSSR count). The molecule has 0 radical (unpaired) electrons. The van der Waals surface area contributed by atoms with Gasteiger partial charge in [-0.1, -0.05) is 54.1 Å². The first kappa shape index (κ1) is 19.3. The van der Waals surface area contributed by atoms with Crippen LogP contribution in [0.15, 0.2) is 54.6 Å². The second kappa shape index (κ2) is 10.0. The van der Waals surface area contributed by atoms with Crippen LogP contribution in [0.25, 0.3) is 0 Å². The summed E-state index contributed by atoms with van der Waals surface area (Å²) in [5.41, 5.74) is 2.42. The number of aliphatic hydroxyl groups is 1. The highest BCUT2D eigenvalue weighted by Crippen LogP contribution is 2.11. The van der Waals surface area contributed by atoms with E-state index in [-0.39, 0.29) is 0 Å². The Kier molecular flexibility index (Phi) is 7.47. The molecule has 5 heteroatoms. The molecule has 1 N–H and O–H groups in total. The Morgan fingerprint density at radius 3 is 2.23 bits per heavy atom. The Labute approximate surface area is 160 Å². The Morgan fingerprint density at radius 1 is 0.885 bits per heavy atom. The number of β-amino-alcohol motifs (C(OH)–C–C–N with tert-alkyl or cyclic N) is 1. The molecular formula is C21H27ClN2O2. The van der Waals surface area contributed by atoms with Crippen molar-refractivity contribution in [1.82, 2.24) is 9.80 Å². The molecule has 2 aromatic rings. The highest BCUT2D eigenvalue weighted by atomic mass is 35.5. The normalized spacial score (nSPS) is 17.3. The first-order chi connectivity index (χ1) is 12.7. The zero-order valence-electron chi connectivity index (χ0n) is 15.1. The van der Waals surface area contributed by atoms with Gasteiger partial charge >= 0.3 is 0 Å². The SMILES string of the molecule is O[C@@H](COCc1ccc(Cl)cc1)CN1CCN(Cc2ccccc2)CC1. The van der Waals surface area contributed by atoms with Crippen LogP contribution in [0.3, 0.4) is 0 Å². The molecule has 0 saturated carbocycles. The lowest BCUT2D eigenvalue weighted by Gasteiger charge is -2.35. The maximum absolute atomic E-state index is 10.2. The average molecular weight is 375 g/mol. The van der Waals surface area contributed by atoms with Gasteiger partial charge in [0.05, 0.1) is 19.3 Å². The van der Waals surface area contributed by atoms with Crippen molar-refractivity contribution in [2.45, 2.75) is 19.3 Å². The van der Waals surface area contributed by atoms with E-state index in [2.05, 4.69) is 40.1 Å². The largest absolute Gasteiger partial charge is 0.389 e. The van der Waals surface area contributed by atoms with Gasteiger partial charge in [0.25, 0.3) is 0 Å². The summed E-state index contributed by atoms with van der Waals surface area (Å²) in [6.07, 6.45) is -0.456. The van der Waals surface area contributed by atoms with Gasteiger partial charge < -0.3 is 9.84 Å². The molecule has 0 aliphatic carbocycles. The van der Waals surface area contributed by atoms with Crippen LogP contribution >= 0.6 is 11.6 Å². The lowest BCUT2D eigenvalue weighted by Crippen LogP contribution is -2.48. The predicted octanol–water partition coefficient (Wildman–Crippen LogP) is 3.04. The van der Waals surface area contributed by atoms with Crippen LogP contribution in [-0.2, 0) is 17.9 Å². The van der Waals surface area contributed by atoms with Crippen molar-refractivity contribution in [3.8, 4) is 0 Å². The molecule has 0 bridgehead atoms. The van der Waals surface area contributed by atoms with Crippen LogP contribution < -0.4 is 0 Å². The number of hydrogen-bond donors (Lipinski definition) is 1. The summed E-state index contributed by atoms with van der Waals surface area (Å²) in [6.45, 7) is 6.57. The van der Waals surface area contributed by atoms with Gasteiger partial charge in [0.15, 0.2) is 0 Å². The van der Waals surface area contributed by atoms with E-state index in [1.54, 1.807) is 0 Å². The minimum Gasteiger partial charge on any atom is -0.389 e. The maximum atomic E-state index is 10.2. The van der Waals surface area contributed by atoms with Gasteiger partial charge in [-0.3, -0.25) is 9.80 Å². The standard InChI is InChI=1S/C21H27ClN2O2/c22-20-8-6-19(7-9-20)16-26-17-21(25)15-24-12-10-23(11-13-24)14-18-4-2-1-3-5-18/h1-9,21,25H,10-17H2/t21-/m1/s1. The van der Waals surface area contributed by atoms with Gasteiger partial charge in [0.1, 0.15) is 0 Å². The summed E-state index contributed by atoms with van der Waals surface area (Å²) >= 11 is 5.87. The summed E-state index contributed by atoms with van der Waals surface area (Å²) < 4.78 is 5.63. The van der Waals surface area contributed by atoms with Crippen molar-refractivity contribution in [3.63, 3.8) is 0 Å². The Bertz CT molecular complexity index is 643. The van der Waals surface area contributed by atoms with Crippen molar-refractivity contribution < 1.29 is 9.84 Å². The molecule has 0 unspecified atom stereocenters. The number of hydrogen-bond acceptors (Lipinski definition) is 4. The lowest BCUT2D eigenvalue weighted by atomic mass is 10.2. The van der Waals surface area contributed by atoms with Crippen LogP contribution in [0.4, 0.5) is 0 Å². The first-order valence-electron chi connectivity index (χ1n) is 9.18. The lowest BCUT2D eigenvalue weighted by molar-refractivity contribution is 0.000878. The van der Waals surface area contributed by atoms with E-state index < -0.39 is 6.10 Å². The van der Waals surface area contributed by atoms with Crippen LogP contribution in [0.1, 0.15) is 11.1 Å². The number of nitrogens with zero attached hydrogens (tertiary/aromatic N) is 2. The van der Waals surface area contributed by atoms with Crippen molar-refractivity contribution in [3.05, 3.63) is 70.7 Å². The quantitative estimate of drug-likeness (QED) is 0.770. The number of halogens is 1. The molecule has 1 heterocycles. The van der Waals surface area contributed by atoms with Gasteiger partial charge in [0, 0.05) is 44.3 Å². The van der Waals surface area contributed by atoms with Crippen LogP contribution in [-0.4, -0.2) is 60.3 Å². The summed E-state index contributed by atoms with van der Waals surface area (Å²) in [4.78, 5) is 4.78. The first-order valence-corrected chi connectivity index (χ1v) is 9.56. The van der Waals surface area contributed by atoms with Gasteiger partial charge in [0.2, 0.25) is 0 Å². The van der Waals surface area contributed by atoms with E-state index in [0.717, 1.165) is 43.3 Å². The van der Waals surface area contributed by atoms with Crippen LogP contribution in [0, 0.1) is 0 Å². The van der Waals surface area contributed by atoms with E-state index in [9.17, 15) is 5.11 Å². The van der Waals surface area contributed by atoms with Crippen molar-refractivity contribution in [1.29, 1.82) is 0 Å². The smallest absolute Gasteiger partial charge is 0.0900 e. The molecular weight excluding hydrogens is 348 g/mol. The maximum Gasteiger partial charge on any atom is 0.0900 e. The fraction of sp³-hybridized carbons (Fsp3) is 0.429. The summed E-state index contributed by atoms with van der Waals surface area (Å²) in [7, 11) is 0. The average Bonchev–Trinajstić information content (AvgIpc) is 2.66. The third-order valence-corrected chi connectivity index (χ3v) is 4.93. The van der Waals surface area contributed by atoms with Crippen LogP contribution in [0.2, 0.25) is 5.02 Å². The predicted molar refractivity (Wildman–Crippen MR) is 105 cm³/mol. The van der Waals surface area contributed by atoms with Crippen LogP contribution in [0.5, 0.6) is 0 Å². The van der Waals surface area contributed by atoms with E-state index in [0.29, 0.717) is 19.8 Å². The Morgan fingerprint density at radius 2 is 1.54 bits per heavy atom. The summed E-state index contributed by atoms with van der Waals surface area (Å²) in [5.74, 6) is 0. The third-order valence-electron chi connectivity index (χ3n) is 4.68. The minimum atomic E-state index is -0.456. The molecule has 1 atom stereocenters. The number of benzene rings is 2. The van der Waals surface area contributed by atoms with Crippen molar-refractivity contribution in [2.24, 2.45) is 0 Å². The minimum absolute atomic E-state index is 0.354. The molecule has 4 nitrogen and oxygen atoms in total. The second-order valence-corrected chi connectivity index (χ2v) is 7.29. The molecule has 26 heavy (non-hydrogen) atoms. The number of aliphatic hydroxyl groups excluding tert-OH is 1. The summed E-state index contributed by atoms with van der Waals surface area (Å²) in [5, 5.41) is 10.9. The molecule has 0 amide bonds. The Balaban J connectivity index is 1.31. The van der Waals surface area contributed by atoms with E-state index in [4.69, 9.17) is 16.3 Å². The highest BCUT2D eigenvalue weighted by Gasteiger charge is 2.19. The monoisotopic (exact) mass is 374 g/mol. The zero-order chi connectivity index (χ0) is 18.2. The summed E-state index contributed by atoms with van der Waals surface area (Å²) in [6, 6.07) is 18.2. The third kappa shape index (κ3) is 6.38.